The van der Waals surface area contributed by atoms with Crippen molar-refractivity contribution in [2.24, 2.45) is 0 Å². The Morgan fingerprint density at radius 3 is 1.69 bits per heavy atom. The monoisotopic (exact) mass is 873 g/mol. The van der Waals surface area contributed by atoms with Crippen molar-refractivity contribution >= 4 is 65.5 Å². The summed E-state index contributed by atoms with van der Waals surface area (Å²) in [5.74, 6) is 0. The largest absolute Gasteiger partial charge is 1.00 e. The number of unbranched alkanes of at least 4 members (excludes halogenated alkanes) is 3. The molecule has 0 saturated carbocycles. The molecule has 2 atom stereocenters. The molecule has 284 valence electrons. The normalized spacial score (nSPS) is 15.9. The molecule has 0 bridgehead atoms. The van der Waals surface area contributed by atoms with Gasteiger partial charge in [0, 0.05) is 12.2 Å². The first-order valence-corrected chi connectivity index (χ1v) is 24.2. The number of hydrogen-bond donors (Lipinski definition) is 1. The maximum absolute atomic E-state index is 4.69. The van der Waals surface area contributed by atoms with Gasteiger partial charge in [-0.05, 0) is 18.6 Å². The van der Waals surface area contributed by atoms with Crippen LogP contribution in [-0.4, -0.2) is 32.5 Å². The van der Waals surface area contributed by atoms with Gasteiger partial charge >= 0.3 is 258 Å². The molecule has 55 heavy (non-hydrogen) atoms. The molecule has 6 heteroatoms. The summed E-state index contributed by atoms with van der Waals surface area (Å²) >= 11 is 4.69. The van der Waals surface area contributed by atoms with Crippen molar-refractivity contribution < 1.29 is 21.9 Å². The average Bonchev–Trinajstić information content (AvgIpc) is 3.51. The van der Waals surface area contributed by atoms with Gasteiger partial charge < -0.3 is 17.0 Å². The molecule has 3 nitrogen and oxygen atoms in total. The Morgan fingerprint density at radius 1 is 0.618 bits per heavy atom. The van der Waals surface area contributed by atoms with Gasteiger partial charge in [-0.3, -0.25) is 0 Å². The predicted octanol–water partition coefficient (Wildman–Crippen LogP) is 7.64. The summed E-state index contributed by atoms with van der Waals surface area (Å²) in [6.07, 6.45) is 12.0. The summed E-state index contributed by atoms with van der Waals surface area (Å²) in [4.78, 5) is 6.51. The van der Waals surface area contributed by atoms with Crippen molar-refractivity contribution in [2.45, 2.75) is 45.2 Å². The van der Waals surface area contributed by atoms with E-state index in [4.69, 9.17) is 0 Å². The Balaban J connectivity index is 0.00000514. The minimum absolute atomic E-state index is 0. The molecule has 1 aliphatic rings. The van der Waals surface area contributed by atoms with Crippen molar-refractivity contribution in [1.29, 1.82) is 0 Å². The van der Waals surface area contributed by atoms with Crippen LogP contribution in [0.3, 0.4) is 0 Å². The molecule has 1 aliphatic heterocycles. The first kappa shape index (κ1) is 40.7. The second kappa shape index (κ2) is 18.8. The number of nitrogens with one attached hydrogen (secondary N) is 1. The predicted molar refractivity (Wildman–Crippen MR) is 241 cm³/mol. The minimum Gasteiger partial charge on any atom is -1.00 e. The van der Waals surface area contributed by atoms with Crippen LogP contribution in [0.15, 0.2) is 176 Å². The molecule has 1 heterocycles. The van der Waals surface area contributed by atoms with Crippen molar-refractivity contribution in [3.05, 3.63) is 181 Å². The number of quaternary nitrogens is 1. The molecule has 0 amide bonds. The molecular formula is C49H54Br2N3P. The molecule has 6 aromatic carbocycles. The first-order valence-electron chi connectivity index (χ1n) is 19.7. The second-order valence-electron chi connectivity index (χ2n) is 14.6. The van der Waals surface area contributed by atoms with Crippen LogP contribution >= 0.6 is 20.8 Å². The van der Waals surface area contributed by atoms with E-state index in [0.717, 1.165) is 25.7 Å². The Labute approximate surface area is 348 Å². The summed E-state index contributed by atoms with van der Waals surface area (Å²) in [5, 5.41) is 1.10. The van der Waals surface area contributed by atoms with E-state index in [0.29, 0.717) is 0 Å². The van der Waals surface area contributed by atoms with E-state index in [2.05, 4.69) is 221 Å². The molecule has 0 saturated heterocycles. The zero-order valence-corrected chi connectivity index (χ0v) is 36.2. The van der Waals surface area contributed by atoms with E-state index in [1.807, 2.05) is 0 Å². The molecule has 0 aliphatic carbocycles. The second-order valence-corrected chi connectivity index (χ2v) is 23.7. The van der Waals surface area contributed by atoms with Gasteiger partial charge in [0.05, 0.1) is 0 Å². The fourth-order valence-corrected chi connectivity index (χ4v) is 16.0. The van der Waals surface area contributed by atoms with Crippen LogP contribution < -0.4 is 47.6 Å². The Bertz CT molecular complexity index is 1990. The summed E-state index contributed by atoms with van der Waals surface area (Å²) < 4.78 is 0. The van der Waals surface area contributed by atoms with Crippen molar-refractivity contribution in [2.75, 3.05) is 36.1 Å². The number of hydrogen-bond acceptors (Lipinski definition) is 2. The van der Waals surface area contributed by atoms with Crippen molar-refractivity contribution in [3.63, 3.8) is 0 Å². The summed E-state index contributed by atoms with van der Waals surface area (Å²) in [5.41, 5.74) is 6.42. The number of likely N-dealkylation sites (N-methyl/N-ethyl adjacent to an activating group) is 1. The topological polar surface area (TPSA) is 10.9 Å². The van der Waals surface area contributed by atoms with E-state index in [9.17, 15) is 0 Å². The van der Waals surface area contributed by atoms with Crippen LogP contribution in [0.2, 0.25) is 0 Å². The zero-order valence-electron chi connectivity index (χ0n) is 32.2. The standard InChI is InChI=1S/C49H53BrN3P.BrH/c1-3-4-5-20-38-52(42-22-10-6-11-23-42)43-35-32-41(33-36-43)34-37-49-51(2)47-30-18-19-31-48(47)53(49)39-21-40-54(50,44-24-12-7-13-25-44,45-26-14-8-15-27-45)46-28-16-9-17-29-46;/h6-19,22-37,49H,3-5,20-21,38-40H2,1-2H3;1H/b37-34+;. The van der Waals surface area contributed by atoms with Crippen LogP contribution in [0.1, 0.15) is 44.6 Å². The third-order valence-electron chi connectivity index (χ3n) is 11.3. The van der Waals surface area contributed by atoms with Gasteiger partial charge in [-0.2, -0.15) is 0 Å². The molecule has 0 spiro atoms. The summed E-state index contributed by atoms with van der Waals surface area (Å²) in [7, 11) is 2.32. The Hall–Kier alpha value is -3.99. The van der Waals surface area contributed by atoms with Crippen LogP contribution in [0.4, 0.5) is 22.7 Å². The number of anilines is 3. The van der Waals surface area contributed by atoms with Crippen LogP contribution in [0, 0.1) is 0 Å². The first-order chi connectivity index (χ1) is 26.5. The van der Waals surface area contributed by atoms with E-state index < -0.39 is 5.31 Å². The summed E-state index contributed by atoms with van der Waals surface area (Å²) in [6.45, 7) is 4.25. The van der Waals surface area contributed by atoms with Gasteiger partial charge in [0.15, 0.2) is 0 Å². The Morgan fingerprint density at radius 2 is 1.13 bits per heavy atom. The number of rotatable bonds is 16. The zero-order chi connectivity index (χ0) is 37.2. The minimum atomic E-state index is -3.02. The fourth-order valence-electron chi connectivity index (χ4n) is 8.38. The summed E-state index contributed by atoms with van der Waals surface area (Å²) in [6, 6.07) is 62.5. The maximum Gasteiger partial charge on any atom is -1.00 e. The third kappa shape index (κ3) is 8.57. The smallest absolute Gasteiger partial charge is 1.00 e. The van der Waals surface area contributed by atoms with Crippen LogP contribution in [0.5, 0.6) is 0 Å². The molecule has 0 radical (unpaired) electrons. The van der Waals surface area contributed by atoms with Gasteiger partial charge in [0.25, 0.3) is 0 Å². The fraction of sp³-hybridized carbons (Fsp3) is 0.224. The quantitative estimate of drug-likeness (QED) is 0.0793. The van der Waals surface area contributed by atoms with Crippen LogP contribution in [-0.2, 0) is 0 Å². The van der Waals surface area contributed by atoms with Crippen LogP contribution in [0.25, 0.3) is 6.08 Å². The Kier molecular flexibility index (Phi) is 13.9. The van der Waals surface area contributed by atoms with Crippen molar-refractivity contribution in [3.8, 4) is 0 Å². The third-order valence-corrected chi connectivity index (χ3v) is 21.3. The molecule has 1 N–H and O–H groups in total. The SMILES string of the molecule is CCCCCCN(c1ccccc1)c1ccc(/C=C/C2N(CCCP(Br)(c3ccccc3)(c3ccccc3)c3ccccc3)c3ccccc3[NH+]2C)cc1.[Br-]. The van der Waals surface area contributed by atoms with E-state index >= 15 is 0 Å². The van der Waals surface area contributed by atoms with E-state index in [1.54, 1.807) is 0 Å². The average molecular weight is 876 g/mol. The number of fused-ring (bicyclic) bond motifs is 1. The number of nitrogens with zero attached hydrogens (tertiary/aromatic N) is 2. The number of benzene rings is 6. The molecule has 2 unspecified atom stereocenters. The van der Waals surface area contributed by atoms with Gasteiger partial charge in [0.1, 0.15) is 0 Å². The molecule has 0 aromatic heterocycles. The number of para-hydroxylation sites is 3. The number of halogens is 2. The molecule has 6 aromatic rings. The molecule has 0 fully saturated rings. The van der Waals surface area contributed by atoms with Gasteiger partial charge in [-0.15, -0.1) is 0 Å². The van der Waals surface area contributed by atoms with Gasteiger partial charge in [0.2, 0.25) is 0 Å². The van der Waals surface area contributed by atoms with Gasteiger partial charge in [-0.1, -0.05) is 44.4 Å². The van der Waals surface area contributed by atoms with E-state index in [-0.39, 0.29) is 23.1 Å². The van der Waals surface area contributed by atoms with Crippen molar-refractivity contribution in [1.82, 2.24) is 0 Å². The molecular weight excluding hydrogens is 821 g/mol. The molecule has 7 rings (SSSR count). The van der Waals surface area contributed by atoms with E-state index in [1.165, 1.54) is 74.8 Å². The van der Waals surface area contributed by atoms with Gasteiger partial charge in [-0.25, -0.2) is 0 Å². The maximum atomic E-state index is 4.69.